The van der Waals surface area contributed by atoms with Crippen LogP contribution in [0.4, 0.5) is 4.39 Å². The summed E-state index contributed by atoms with van der Waals surface area (Å²) in [5.74, 6) is -0.619. The van der Waals surface area contributed by atoms with Gasteiger partial charge in [0.25, 0.3) is 0 Å². The van der Waals surface area contributed by atoms with E-state index in [0.717, 1.165) is 43.2 Å². The number of hydrogen-bond donors (Lipinski definition) is 1. The van der Waals surface area contributed by atoms with Crippen LogP contribution in [-0.4, -0.2) is 5.91 Å². The van der Waals surface area contributed by atoms with Crippen LogP contribution in [0.25, 0.3) is 5.57 Å². The summed E-state index contributed by atoms with van der Waals surface area (Å²) in [5, 5.41) is 0. The van der Waals surface area contributed by atoms with Gasteiger partial charge >= 0.3 is 0 Å². The second-order valence-corrected chi connectivity index (χ2v) is 5.04. The Morgan fingerprint density at radius 2 is 1.60 bits per heavy atom. The topological polar surface area (TPSA) is 43.1 Å². The molecule has 0 heterocycles. The zero-order valence-corrected chi connectivity index (χ0v) is 12.4. The molecule has 0 saturated carbocycles. The number of benzene rings is 1. The lowest BCUT2D eigenvalue weighted by molar-refractivity contribution is -0.114. The molecule has 3 heteroatoms. The highest BCUT2D eigenvalue weighted by molar-refractivity contribution is 6.00. The van der Waals surface area contributed by atoms with Crippen LogP contribution in [-0.2, 0) is 4.79 Å². The molecule has 0 unspecified atom stereocenters. The van der Waals surface area contributed by atoms with Gasteiger partial charge in [0.15, 0.2) is 0 Å². The van der Waals surface area contributed by atoms with Gasteiger partial charge < -0.3 is 5.73 Å². The van der Waals surface area contributed by atoms with E-state index in [2.05, 4.69) is 13.8 Å². The van der Waals surface area contributed by atoms with Crippen LogP contribution >= 0.6 is 0 Å². The Bertz CT molecular complexity index is 462. The van der Waals surface area contributed by atoms with Gasteiger partial charge in [-0.1, -0.05) is 38.8 Å². The van der Waals surface area contributed by atoms with E-state index in [4.69, 9.17) is 5.73 Å². The second-order valence-electron chi connectivity index (χ2n) is 5.04. The molecule has 0 atom stereocenters. The largest absolute Gasteiger partial charge is 0.366 e. The Hall–Kier alpha value is -1.64. The van der Waals surface area contributed by atoms with Crippen molar-refractivity contribution in [2.45, 2.75) is 52.4 Å². The molecule has 0 aliphatic carbocycles. The van der Waals surface area contributed by atoms with E-state index in [9.17, 15) is 9.18 Å². The van der Waals surface area contributed by atoms with Crippen molar-refractivity contribution in [3.63, 3.8) is 0 Å². The highest BCUT2D eigenvalue weighted by Gasteiger charge is 2.14. The van der Waals surface area contributed by atoms with Gasteiger partial charge in [-0.15, -0.1) is 0 Å². The maximum atomic E-state index is 13.1. The highest BCUT2D eigenvalue weighted by atomic mass is 19.1. The third-order valence-corrected chi connectivity index (χ3v) is 3.42. The molecule has 2 N–H and O–H groups in total. The van der Waals surface area contributed by atoms with Crippen LogP contribution in [0.5, 0.6) is 0 Å². The van der Waals surface area contributed by atoms with Crippen LogP contribution in [0.2, 0.25) is 0 Å². The molecule has 1 aromatic carbocycles. The molecule has 1 amide bonds. The Kier molecular flexibility index (Phi) is 6.99. The fourth-order valence-corrected chi connectivity index (χ4v) is 2.25. The van der Waals surface area contributed by atoms with E-state index in [0.29, 0.717) is 12.0 Å². The number of nitrogens with two attached hydrogens (primary N) is 1. The molecule has 20 heavy (non-hydrogen) atoms. The van der Waals surface area contributed by atoms with Gasteiger partial charge in [0.1, 0.15) is 5.82 Å². The van der Waals surface area contributed by atoms with Crippen molar-refractivity contribution in [3.05, 3.63) is 41.2 Å². The van der Waals surface area contributed by atoms with Gasteiger partial charge in [0, 0.05) is 5.57 Å². The van der Waals surface area contributed by atoms with Crippen LogP contribution in [0, 0.1) is 5.82 Å². The SMILES string of the molecule is CCCCC(C(N)=O)=C(CCCC)c1ccc(F)cc1. The van der Waals surface area contributed by atoms with E-state index in [-0.39, 0.29) is 11.7 Å². The predicted octanol–water partition coefficient (Wildman–Crippen LogP) is 4.45. The Balaban J connectivity index is 3.18. The zero-order chi connectivity index (χ0) is 15.0. The minimum atomic E-state index is -0.353. The second kappa shape index (κ2) is 8.51. The number of hydrogen-bond acceptors (Lipinski definition) is 1. The van der Waals surface area contributed by atoms with Gasteiger partial charge in [0.2, 0.25) is 5.91 Å². The molecular formula is C17H24FNO. The number of allylic oxidation sites excluding steroid dienone is 1. The molecule has 0 aliphatic rings. The van der Waals surface area contributed by atoms with Gasteiger partial charge in [-0.05, 0) is 49.0 Å². The average Bonchev–Trinajstić information content (AvgIpc) is 2.43. The molecule has 1 rings (SSSR count). The number of carbonyl (C=O) groups excluding carboxylic acids is 1. The lowest BCUT2D eigenvalue weighted by Gasteiger charge is -2.13. The number of carbonyl (C=O) groups is 1. The minimum Gasteiger partial charge on any atom is -0.366 e. The normalized spacial score (nSPS) is 12.2. The minimum absolute atomic E-state index is 0.266. The molecular weight excluding hydrogens is 253 g/mol. The molecule has 0 radical (unpaired) electrons. The fourth-order valence-electron chi connectivity index (χ4n) is 2.25. The summed E-state index contributed by atoms with van der Waals surface area (Å²) in [7, 11) is 0. The van der Waals surface area contributed by atoms with Crippen LogP contribution in [0.15, 0.2) is 29.8 Å². The van der Waals surface area contributed by atoms with E-state index in [1.807, 2.05) is 0 Å². The molecule has 0 aliphatic heterocycles. The molecule has 110 valence electrons. The first kappa shape index (κ1) is 16.4. The number of primary amides is 1. The van der Waals surface area contributed by atoms with Crippen molar-refractivity contribution in [3.8, 4) is 0 Å². The summed E-state index contributed by atoms with van der Waals surface area (Å²) in [6.45, 7) is 4.19. The first-order chi connectivity index (χ1) is 9.60. The third-order valence-electron chi connectivity index (χ3n) is 3.42. The molecule has 0 spiro atoms. The van der Waals surface area contributed by atoms with Crippen molar-refractivity contribution in [2.24, 2.45) is 5.73 Å². The Labute approximate surface area is 120 Å². The maximum Gasteiger partial charge on any atom is 0.244 e. The van der Waals surface area contributed by atoms with Crippen molar-refractivity contribution >= 4 is 11.5 Å². The zero-order valence-electron chi connectivity index (χ0n) is 12.4. The van der Waals surface area contributed by atoms with Crippen LogP contribution < -0.4 is 5.73 Å². The molecule has 0 bridgehead atoms. The monoisotopic (exact) mass is 277 g/mol. The smallest absolute Gasteiger partial charge is 0.244 e. The van der Waals surface area contributed by atoms with Crippen LogP contribution in [0.1, 0.15) is 57.9 Å². The lowest BCUT2D eigenvalue weighted by atomic mass is 9.92. The number of amides is 1. The van der Waals surface area contributed by atoms with Crippen molar-refractivity contribution < 1.29 is 9.18 Å². The summed E-state index contributed by atoms with van der Waals surface area (Å²) in [4.78, 5) is 11.7. The van der Waals surface area contributed by atoms with Gasteiger partial charge in [0.05, 0.1) is 0 Å². The fraction of sp³-hybridized carbons (Fsp3) is 0.471. The van der Waals surface area contributed by atoms with Gasteiger partial charge in [-0.3, -0.25) is 4.79 Å². The number of halogens is 1. The number of rotatable bonds is 8. The Morgan fingerprint density at radius 3 is 2.10 bits per heavy atom. The summed E-state index contributed by atoms with van der Waals surface area (Å²) in [6.07, 6.45) is 5.50. The van der Waals surface area contributed by atoms with Gasteiger partial charge in [-0.25, -0.2) is 4.39 Å². The maximum absolute atomic E-state index is 13.1. The summed E-state index contributed by atoms with van der Waals surface area (Å²) in [6, 6.07) is 6.32. The van der Waals surface area contributed by atoms with E-state index >= 15 is 0 Å². The third kappa shape index (κ3) is 4.80. The molecule has 0 fully saturated rings. The molecule has 0 aromatic heterocycles. The van der Waals surface area contributed by atoms with Crippen molar-refractivity contribution in [2.75, 3.05) is 0 Å². The summed E-state index contributed by atoms with van der Waals surface area (Å²) >= 11 is 0. The quantitative estimate of drug-likeness (QED) is 0.701. The lowest BCUT2D eigenvalue weighted by Crippen LogP contribution is -2.16. The summed E-state index contributed by atoms with van der Waals surface area (Å²) in [5.41, 5.74) is 8.13. The van der Waals surface area contributed by atoms with Crippen molar-refractivity contribution in [1.29, 1.82) is 0 Å². The summed E-state index contributed by atoms with van der Waals surface area (Å²) < 4.78 is 13.1. The molecule has 1 aromatic rings. The van der Waals surface area contributed by atoms with E-state index < -0.39 is 0 Å². The molecule has 0 saturated heterocycles. The standard InChI is InChI=1S/C17H24FNO/c1-3-5-7-15(13-9-11-14(18)12-10-13)16(17(19)20)8-6-4-2/h9-12H,3-8H2,1-2H3,(H2,19,20). The highest BCUT2D eigenvalue weighted by Crippen LogP contribution is 2.27. The van der Waals surface area contributed by atoms with Crippen LogP contribution in [0.3, 0.4) is 0 Å². The molecule has 2 nitrogen and oxygen atoms in total. The Morgan fingerprint density at radius 1 is 1.05 bits per heavy atom. The first-order valence-electron chi connectivity index (χ1n) is 7.37. The van der Waals surface area contributed by atoms with Crippen molar-refractivity contribution in [1.82, 2.24) is 0 Å². The average molecular weight is 277 g/mol. The van der Waals surface area contributed by atoms with E-state index in [1.165, 1.54) is 12.1 Å². The predicted molar refractivity (Wildman–Crippen MR) is 81.6 cm³/mol. The number of unbranched alkanes of at least 4 members (excludes halogenated alkanes) is 2. The first-order valence-corrected chi connectivity index (χ1v) is 7.37. The van der Waals surface area contributed by atoms with E-state index in [1.54, 1.807) is 12.1 Å². The van der Waals surface area contributed by atoms with Gasteiger partial charge in [-0.2, -0.15) is 0 Å².